The standard InChI is InChI=1S/C13H24N2O/c1-11(2)6-9-15-12(16)13(10-14)7-4-3-5-8-13/h6H,3-5,7-10,14H2,1-2H3,(H,15,16). The molecular weight excluding hydrogens is 200 g/mol. The average Bonchev–Trinajstić information content (AvgIpc) is 2.29. The fraction of sp³-hybridized carbons (Fsp3) is 0.769. The normalized spacial score (nSPS) is 18.9. The molecule has 1 aliphatic rings. The molecule has 1 rings (SSSR count). The van der Waals surface area contributed by atoms with Gasteiger partial charge >= 0.3 is 0 Å². The second-order valence-corrected chi connectivity index (χ2v) is 5.04. The molecule has 0 aromatic carbocycles. The molecule has 0 radical (unpaired) electrons. The van der Waals surface area contributed by atoms with Crippen molar-refractivity contribution < 1.29 is 4.79 Å². The van der Waals surface area contributed by atoms with Gasteiger partial charge in [0.25, 0.3) is 0 Å². The monoisotopic (exact) mass is 224 g/mol. The second-order valence-electron chi connectivity index (χ2n) is 5.04. The van der Waals surface area contributed by atoms with E-state index in [4.69, 9.17) is 5.73 Å². The van der Waals surface area contributed by atoms with Gasteiger partial charge in [0.1, 0.15) is 0 Å². The lowest BCUT2D eigenvalue weighted by atomic mass is 9.73. The maximum atomic E-state index is 12.1. The molecule has 0 unspecified atom stereocenters. The quantitative estimate of drug-likeness (QED) is 0.717. The van der Waals surface area contributed by atoms with Crippen molar-refractivity contribution >= 4 is 5.91 Å². The second kappa shape index (κ2) is 6.04. The Balaban J connectivity index is 2.52. The number of nitrogens with two attached hydrogens (primary N) is 1. The van der Waals surface area contributed by atoms with Gasteiger partial charge in [-0.15, -0.1) is 0 Å². The molecule has 1 fully saturated rings. The summed E-state index contributed by atoms with van der Waals surface area (Å²) in [5, 5.41) is 2.98. The molecular formula is C13H24N2O. The molecule has 0 saturated heterocycles. The Morgan fingerprint density at radius 1 is 1.31 bits per heavy atom. The topological polar surface area (TPSA) is 55.1 Å². The predicted octanol–water partition coefficient (Wildman–Crippen LogP) is 1.98. The van der Waals surface area contributed by atoms with Crippen molar-refractivity contribution in [3.8, 4) is 0 Å². The molecule has 3 N–H and O–H groups in total. The van der Waals surface area contributed by atoms with E-state index in [0.717, 1.165) is 25.7 Å². The van der Waals surface area contributed by atoms with E-state index in [0.29, 0.717) is 13.1 Å². The number of amides is 1. The third kappa shape index (κ3) is 3.34. The van der Waals surface area contributed by atoms with E-state index >= 15 is 0 Å². The van der Waals surface area contributed by atoms with Gasteiger partial charge in [-0.1, -0.05) is 30.9 Å². The first-order valence-corrected chi connectivity index (χ1v) is 6.22. The van der Waals surface area contributed by atoms with Crippen molar-refractivity contribution in [3.05, 3.63) is 11.6 Å². The minimum atomic E-state index is -0.284. The van der Waals surface area contributed by atoms with Gasteiger partial charge in [-0.25, -0.2) is 0 Å². The van der Waals surface area contributed by atoms with Gasteiger partial charge in [-0.05, 0) is 26.7 Å². The van der Waals surface area contributed by atoms with E-state index in [1.165, 1.54) is 12.0 Å². The Morgan fingerprint density at radius 3 is 2.44 bits per heavy atom. The lowest BCUT2D eigenvalue weighted by molar-refractivity contribution is -0.132. The van der Waals surface area contributed by atoms with Crippen molar-refractivity contribution in [1.29, 1.82) is 0 Å². The maximum absolute atomic E-state index is 12.1. The fourth-order valence-electron chi connectivity index (χ4n) is 2.29. The van der Waals surface area contributed by atoms with Crippen molar-refractivity contribution in [2.24, 2.45) is 11.1 Å². The molecule has 0 bridgehead atoms. The lowest BCUT2D eigenvalue weighted by Crippen LogP contribution is -2.47. The van der Waals surface area contributed by atoms with E-state index in [1.807, 2.05) is 19.9 Å². The third-order valence-electron chi connectivity index (χ3n) is 3.46. The molecule has 0 atom stereocenters. The summed E-state index contributed by atoms with van der Waals surface area (Å²) >= 11 is 0. The predicted molar refractivity (Wildman–Crippen MR) is 67.0 cm³/mol. The van der Waals surface area contributed by atoms with Crippen LogP contribution in [0.1, 0.15) is 46.0 Å². The van der Waals surface area contributed by atoms with Crippen LogP contribution < -0.4 is 11.1 Å². The van der Waals surface area contributed by atoms with Crippen molar-refractivity contribution in [1.82, 2.24) is 5.32 Å². The van der Waals surface area contributed by atoms with Crippen LogP contribution >= 0.6 is 0 Å². The van der Waals surface area contributed by atoms with E-state index in [1.54, 1.807) is 0 Å². The smallest absolute Gasteiger partial charge is 0.227 e. The average molecular weight is 224 g/mol. The first-order valence-electron chi connectivity index (χ1n) is 6.22. The zero-order chi connectivity index (χ0) is 12.0. The van der Waals surface area contributed by atoms with Gasteiger partial charge in [0.05, 0.1) is 5.41 Å². The number of allylic oxidation sites excluding steroid dienone is 1. The van der Waals surface area contributed by atoms with Crippen molar-refractivity contribution in [2.75, 3.05) is 13.1 Å². The summed E-state index contributed by atoms with van der Waals surface area (Å²) in [5.74, 6) is 0.146. The highest BCUT2D eigenvalue weighted by molar-refractivity contribution is 5.83. The summed E-state index contributed by atoms with van der Waals surface area (Å²) in [4.78, 5) is 12.1. The number of nitrogens with one attached hydrogen (secondary N) is 1. The van der Waals surface area contributed by atoms with Crippen LogP contribution in [0.3, 0.4) is 0 Å². The van der Waals surface area contributed by atoms with E-state index in [9.17, 15) is 4.79 Å². The summed E-state index contributed by atoms with van der Waals surface area (Å²) in [6.45, 7) is 5.17. The summed E-state index contributed by atoms with van der Waals surface area (Å²) in [6, 6.07) is 0. The van der Waals surface area contributed by atoms with Crippen LogP contribution in [0.5, 0.6) is 0 Å². The Morgan fingerprint density at radius 2 is 1.94 bits per heavy atom. The van der Waals surface area contributed by atoms with Gasteiger partial charge in [0.2, 0.25) is 5.91 Å². The largest absolute Gasteiger partial charge is 0.352 e. The highest BCUT2D eigenvalue weighted by Gasteiger charge is 2.37. The Hall–Kier alpha value is -0.830. The number of rotatable bonds is 4. The molecule has 0 spiro atoms. The molecule has 92 valence electrons. The first kappa shape index (κ1) is 13.2. The van der Waals surface area contributed by atoms with Gasteiger partial charge < -0.3 is 11.1 Å². The first-order chi connectivity index (χ1) is 7.60. The minimum Gasteiger partial charge on any atom is -0.352 e. The fourth-order valence-corrected chi connectivity index (χ4v) is 2.29. The number of hydrogen-bond donors (Lipinski definition) is 2. The third-order valence-corrected chi connectivity index (χ3v) is 3.46. The van der Waals surface area contributed by atoms with Crippen molar-refractivity contribution in [2.45, 2.75) is 46.0 Å². The number of carbonyl (C=O) groups excluding carboxylic acids is 1. The summed E-state index contributed by atoms with van der Waals surface area (Å²) in [5.41, 5.74) is 6.74. The Bertz CT molecular complexity index is 261. The van der Waals surface area contributed by atoms with Crippen LogP contribution in [0.2, 0.25) is 0 Å². The highest BCUT2D eigenvalue weighted by Crippen LogP contribution is 2.35. The molecule has 0 aromatic rings. The molecule has 16 heavy (non-hydrogen) atoms. The molecule has 3 nitrogen and oxygen atoms in total. The van der Waals surface area contributed by atoms with Crippen molar-refractivity contribution in [3.63, 3.8) is 0 Å². The molecule has 1 amide bonds. The van der Waals surface area contributed by atoms with Crippen LogP contribution in [0, 0.1) is 5.41 Å². The van der Waals surface area contributed by atoms with Crippen LogP contribution in [-0.4, -0.2) is 19.0 Å². The molecule has 1 saturated carbocycles. The van der Waals surface area contributed by atoms with Gasteiger partial charge in [-0.2, -0.15) is 0 Å². The van der Waals surface area contributed by atoms with E-state index < -0.39 is 0 Å². The zero-order valence-electron chi connectivity index (χ0n) is 10.5. The Kier molecular flexibility index (Phi) is 5.00. The Labute approximate surface area is 98.5 Å². The van der Waals surface area contributed by atoms with Crippen LogP contribution in [0.15, 0.2) is 11.6 Å². The maximum Gasteiger partial charge on any atom is 0.227 e. The molecule has 0 aromatic heterocycles. The lowest BCUT2D eigenvalue weighted by Gasteiger charge is -2.34. The molecule has 0 aliphatic heterocycles. The summed E-state index contributed by atoms with van der Waals surface area (Å²) in [6.07, 6.45) is 7.43. The van der Waals surface area contributed by atoms with Crippen LogP contribution in [0.4, 0.5) is 0 Å². The molecule has 3 heteroatoms. The SMILES string of the molecule is CC(C)=CCNC(=O)C1(CN)CCCCC1. The number of carbonyl (C=O) groups is 1. The van der Waals surface area contributed by atoms with E-state index in [-0.39, 0.29) is 11.3 Å². The zero-order valence-corrected chi connectivity index (χ0v) is 10.5. The molecule has 0 heterocycles. The van der Waals surface area contributed by atoms with E-state index in [2.05, 4.69) is 5.32 Å². The highest BCUT2D eigenvalue weighted by atomic mass is 16.2. The summed E-state index contributed by atoms with van der Waals surface area (Å²) < 4.78 is 0. The number of hydrogen-bond acceptors (Lipinski definition) is 2. The van der Waals surface area contributed by atoms with Crippen LogP contribution in [0.25, 0.3) is 0 Å². The molecule has 1 aliphatic carbocycles. The van der Waals surface area contributed by atoms with Gasteiger partial charge in [0.15, 0.2) is 0 Å². The summed E-state index contributed by atoms with van der Waals surface area (Å²) in [7, 11) is 0. The van der Waals surface area contributed by atoms with Gasteiger partial charge in [0, 0.05) is 13.1 Å². The minimum absolute atomic E-state index is 0.146. The van der Waals surface area contributed by atoms with Gasteiger partial charge in [-0.3, -0.25) is 4.79 Å². The van der Waals surface area contributed by atoms with Crippen LogP contribution in [-0.2, 0) is 4.79 Å².